The van der Waals surface area contributed by atoms with E-state index in [0.717, 1.165) is 10.0 Å². The smallest absolute Gasteiger partial charge is 0.274 e. The number of nitrogens with zero attached hydrogens (tertiary/aromatic N) is 3. The molecule has 0 saturated heterocycles. The minimum atomic E-state index is -0.221. The monoisotopic (exact) mass is 486 g/mol. The van der Waals surface area contributed by atoms with Crippen LogP contribution in [-0.4, -0.2) is 27.7 Å². The lowest BCUT2D eigenvalue weighted by atomic mass is 10.2. The summed E-state index contributed by atoms with van der Waals surface area (Å²) >= 11 is 9.51. The van der Waals surface area contributed by atoms with Crippen LogP contribution in [0.1, 0.15) is 0 Å². The van der Waals surface area contributed by atoms with Gasteiger partial charge in [0.05, 0.1) is 12.1 Å². The van der Waals surface area contributed by atoms with Gasteiger partial charge in [-0.15, -0.1) is 0 Å². The van der Waals surface area contributed by atoms with Crippen molar-refractivity contribution in [1.82, 2.24) is 14.7 Å². The lowest BCUT2D eigenvalue weighted by Crippen LogP contribution is -2.18. The molecule has 2 heterocycles. The Morgan fingerprint density at radius 3 is 2.77 bits per heavy atom. The van der Waals surface area contributed by atoms with Gasteiger partial charge in [-0.1, -0.05) is 32.7 Å². The van der Waals surface area contributed by atoms with Crippen LogP contribution in [0.3, 0.4) is 0 Å². The largest absolute Gasteiger partial charge is 0.495 e. The van der Waals surface area contributed by atoms with Crippen molar-refractivity contribution >= 4 is 39.1 Å². The first-order chi connectivity index (χ1) is 14.5. The molecule has 0 spiro atoms. The van der Waals surface area contributed by atoms with Crippen LogP contribution in [0.25, 0.3) is 23.0 Å². The van der Waals surface area contributed by atoms with Gasteiger partial charge in [0.1, 0.15) is 18.0 Å². The van der Waals surface area contributed by atoms with Gasteiger partial charge in [0, 0.05) is 21.9 Å². The average molecular weight is 488 g/mol. The highest BCUT2D eigenvalue weighted by molar-refractivity contribution is 9.10. The van der Waals surface area contributed by atoms with Gasteiger partial charge in [0.15, 0.2) is 0 Å². The first-order valence-electron chi connectivity index (χ1n) is 8.92. The zero-order valence-corrected chi connectivity index (χ0v) is 18.1. The van der Waals surface area contributed by atoms with Crippen molar-refractivity contribution in [1.29, 1.82) is 0 Å². The summed E-state index contributed by atoms with van der Waals surface area (Å²) in [6.07, 6.45) is 1.78. The molecule has 152 valence electrons. The molecule has 0 atom stereocenters. The van der Waals surface area contributed by atoms with E-state index in [4.69, 9.17) is 20.9 Å². The molecule has 0 aliphatic rings. The van der Waals surface area contributed by atoms with Crippen LogP contribution >= 0.6 is 27.5 Å². The van der Waals surface area contributed by atoms with Gasteiger partial charge in [-0.25, -0.2) is 0 Å². The molecule has 0 aliphatic heterocycles. The number of aromatic nitrogens is 3. The fraction of sp³-hybridized carbons (Fsp3) is 0.0952. The third kappa shape index (κ3) is 4.39. The van der Waals surface area contributed by atoms with Gasteiger partial charge in [-0.3, -0.25) is 4.79 Å². The number of halogens is 2. The summed E-state index contributed by atoms with van der Waals surface area (Å²) in [6.45, 7) is 0.0714. The first-order valence-corrected chi connectivity index (χ1v) is 10.1. The fourth-order valence-electron chi connectivity index (χ4n) is 2.89. The van der Waals surface area contributed by atoms with Crippen LogP contribution in [0.2, 0.25) is 5.02 Å². The zero-order valence-electron chi connectivity index (χ0n) is 15.8. The number of anilines is 1. The molecule has 0 bridgehead atoms. The molecule has 2 aromatic heterocycles. The van der Waals surface area contributed by atoms with E-state index in [9.17, 15) is 4.79 Å². The maximum atomic E-state index is 12.5. The highest BCUT2D eigenvalue weighted by Gasteiger charge is 2.16. The van der Waals surface area contributed by atoms with Crippen LogP contribution in [0.4, 0.5) is 5.69 Å². The van der Waals surface area contributed by atoms with Gasteiger partial charge in [0.25, 0.3) is 5.89 Å². The predicted molar refractivity (Wildman–Crippen MR) is 117 cm³/mol. The molecular formula is C21H16BrClN4O3. The predicted octanol–water partition coefficient (Wildman–Crippen LogP) is 5.27. The van der Waals surface area contributed by atoms with Crippen LogP contribution in [0.5, 0.6) is 5.75 Å². The molecule has 0 aliphatic carbocycles. The molecular weight excluding hydrogens is 472 g/mol. The van der Waals surface area contributed by atoms with Gasteiger partial charge in [0.2, 0.25) is 11.7 Å². The molecule has 1 amide bonds. The number of hydrogen-bond acceptors (Lipinski definition) is 5. The fourth-order valence-corrected chi connectivity index (χ4v) is 3.41. The molecule has 1 N–H and O–H groups in total. The van der Waals surface area contributed by atoms with Gasteiger partial charge >= 0.3 is 0 Å². The lowest BCUT2D eigenvalue weighted by molar-refractivity contribution is -0.116. The Morgan fingerprint density at radius 2 is 2.03 bits per heavy atom. The molecule has 0 saturated carbocycles. The van der Waals surface area contributed by atoms with Crippen LogP contribution in [0.15, 0.2) is 69.8 Å². The van der Waals surface area contributed by atoms with E-state index in [0.29, 0.717) is 33.9 Å². The Hall–Kier alpha value is -3.10. The lowest BCUT2D eigenvalue weighted by Gasteiger charge is -2.09. The minimum absolute atomic E-state index is 0.0714. The molecule has 4 rings (SSSR count). The molecule has 2 aromatic carbocycles. The van der Waals surface area contributed by atoms with Gasteiger partial charge in [-0.2, -0.15) is 4.98 Å². The summed E-state index contributed by atoms with van der Waals surface area (Å²) < 4.78 is 13.2. The Balaban J connectivity index is 1.49. The average Bonchev–Trinajstić information content (AvgIpc) is 3.38. The van der Waals surface area contributed by atoms with Crippen molar-refractivity contribution in [3.05, 3.63) is 70.3 Å². The zero-order chi connectivity index (χ0) is 21.1. The number of rotatable bonds is 6. The maximum absolute atomic E-state index is 12.5. The number of benzene rings is 2. The van der Waals surface area contributed by atoms with E-state index < -0.39 is 0 Å². The third-order valence-electron chi connectivity index (χ3n) is 4.33. The van der Waals surface area contributed by atoms with Crippen LogP contribution < -0.4 is 10.1 Å². The molecule has 30 heavy (non-hydrogen) atoms. The summed E-state index contributed by atoms with van der Waals surface area (Å²) in [5, 5.41) is 7.28. The van der Waals surface area contributed by atoms with Crippen molar-refractivity contribution in [2.24, 2.45) is 0 Å². The quantitative estimate of drug-likeness (QED) is 0.401. The minimum Gasteiger partial charge on any atom is -0.495 e. The van der Waals surface area contributed by atoms with E-state index in [2.05, 4.69) is 31.4 Å². The molecule has 0 fully saturated rings. The highest BCUT2D eigenvalue weighted by Crippen LogP contribution is 2.27. The van der Waals surface area contributed by atoms with E-state index in [-0.39, 0.29) is 12.5 Å². The van der Waals surface area contributed by atoms with Crippen LogP contribution in [0, 0.1) is 0 Å². The standard InChI is InChI=1S/C21H16BrClN4O3/c1-29-18-9-8-15(11-16(18)23)24-19(28)12-27-10-2-3-17(27)21-25-20(26-30-21)13-4-6-14(22)7-5-13/h2-11H,12H2,1H3,(H,24,28). The maximum Gasteiger partial charge on any atom is 0.274 e. The first kappa shape index (κ1) is 20.2. The molecule has 0 radical (unpaired) electrons. The topological polar surface area (TPSA) is 82.2 Å². The van der Waals surface area contributed by atoms with E-state index in [1.807, 2.05) is 36.4 Å². The summed E-state index contributed by atoms with van der Waals surface area (Å²) in [5.74, 6) is 1.13. The Bertz CT molecular complexity index is 1190. The molecule has 0 unspecified atom stereocenters. The highest BCUT2D eigenvalue weighted by atomic mass is 79.9. The summed E-state index contributed by atoms with van der Waals surface area (Å²) in [6, 6.07) is 16.3. The summed E-state index contributed by atoms with van der Waals surface area (Å²) in [5.41, 5.74) is 2.06. The Labute approximate surface area is 185 Å². The van der Waals surface area contributed by atoms with E-state index >= 15 is 0 Å². The number of nitrogens with one attached hydrogen (secondary N) is 1. The molecule has 7 nitrogen and oxygen atoms in total. The Morgan fingerprint density at radius 1 is 1.23 bits per heavy atom. The number of carbonyl (C=O) groups is 1. The SMILES string of the molecule is COc1ccc(NC(=O)Cn2cccc2-c2nc(-c3ccc(Br)cc3)no2)cc1Cl. The number of hydrogen-bond donors (Lipinski definition) is 1. The van der Waals surface area contributed by atoms with Gasteiger partial charge < -0.3 is 19.1 Å². The van der Waals surface area contributed by atoms with E-state index in [1.54, 1.807) is 29.0 Å². The number of carbonyl (C=O) groups excluding carboxylic acids is 1. The summed E-state index contributed by atoms with van der Waals surface area (Å²) in [4.78, 5) is 17.0. The number of amides is 1. The Kier molecular flexibility index (Phi) is 5.87. The molecule has 4 aromatic rings. The van der Waals surface area contributed by atoms with Crippen LogP contribution in [-0.2, 0) is 11.3 Å². The van der Waals surface area contributed by atoms with Crippen molar-refractivity contribution in [3.63, 3.8) is 0 Å². The number of ether oxygens (including phenoxy) is 1. The summed E-state index contributed by atoms with van der Waals surface area (Å²) in [7, 11) is 1.53. The van der Waals surface area contributed by atoms with Gasteiger partial charge in [-0.05, 0) is 54.6 Å². The van der Waals surface area contributed by atoms with Crippen molar-refractivity contribution < 1.29 is 14.1 Å². The second-order valence-electron chi connectivity index (χ2n) is 6.35. The molecule has 9 heteroatoms. The second kappa shape index (κ2) is 8.73. The second-order valence-corrected chi connectivity index (χ2v) is 7.67. The third-order valence-corrected chi connectivity index (χ3v) is 5.15. The van der Waals surface area contributed by atoms with E-state index in [1.165, 1.54) is 7.11 Å². The van der Waals surface area contributed by atoms with Crippen molar-refractivity contribution in [2.45, 2.75) is 6.54 Å². The number of methoxy groups -OCH3 is 1. The normalized spacial score (nSPS) is 10.8. The van der Waals surface area contributed by atoms with Crippen molar-refractivity contribution in [2.75, 3.05) is 12.4 Å². The van der Waals surface area contributed by atoms with Crippen molar-refractivity contribution in [3.8, 4) is 28.7 Å².